The maximum absolute atomic E-state index is 13.7. The SMILES string of the molecule is CC(NC(=O)c1ccc(CNC(N)=O)cc1)c1ccccc1F. The molecule has 0 radical (unpaired) electrons. The average molecular weight is 315 g/mol. The molecule has 6 heteroatoms. The smallest absolute Gasteiger partial charge is 0.312 e. The predicted octanol–water partition coefficient (Wildman–Crippen LogP) is 2.49. The van der Waals surface area contributed by atoms with Gasteiger partial charge in [-0.3, -0.25) is 4.79 Å². The van der Waals surface area contributed by atoms with E-state index in [2.05, 4.69) is 10.6 Å². The molecule has 0 bridgehead atoms. The van der Waals surface area contributed by atoms with E-state index in [9.17, 15) is 14.0 Å². The molecule has 0 heterocycles. The summed E-state index contributed by atoms with van der Waals surface area (Å²) in [7, 11) is 0. The van der Waals surface area contributed by atoms with Crippen LogP contribution in [0, 0.1) is 5.82 Å². The molecule has 3 amide bonds. The Hall–Kier alpha value is -2.89. The molecule has 2 aromatic carbocycles. The van der Waals surface area contributed by atoms with E-state index in [4.69, 9.17) is 5.73 Å². The number of nitrogens with two attached hydrogens (primary N) is 1. The number of nitrogens with one attached hydrogen (secondary N) is 2. The van der Waals surface area contributed by atoms with Gasteiger partial charge in [-0.1, -0.05) is 30.3 Å². The lowest BCUT2D eigenvalue weighted by atomic mass is 10.1. The minimum atomic E-state index is -0.606. The van der Waals surface area contributed by atoms with Gasteiger partial charge >= 0.3 is 6.03 Å². The highest BCUT2D eigenvalue weighted by atomic mass is 19.1. The Bertz CT molecular complexity index is 701. The van der Waals surface area contributed by atoms with Gasteiger partial charge in [0.05, 0.1) is 6.04 Å². The minimum absolute atomic E-state index is 0.295. The summed E-state index contributed by atoms with van der Waals surface area (Å²) in [5, 5.41) is 5.22. The lowest BCUT2D eigenvalue weighted by Crippen LogP contribution is -2.29. The van der Waals surface area contributed by atoms with Crippen LogP contribution in [0.2, 0.25) is 0 Å². The fourth-order valence-corrected chi connectivity index (χ4v) is 2.15. The Kier molecular flexibility index (Phi) is 5.30. The van der Waals surface area contributed by atoms with Gasteiger partial charge in [-0.25, -0.2) is 9.18 Å². The first kappa shape index (κ1) is 16.5. The Balaban J connectivity index is 2.00. The highest BCUT2D eigenvalue weighted by Gasteiger charge is 2.14. The summed E-state index contributed by atoms with van der Waals surface area (Å²) < 4.78 is 13.7. The van der Waals surface area contributed by atoms with Crippen LogP contribution in [0.4, 0.5) is 9.18 Å². The van der Waals surface area contributed by atoms with E-state index in [1.807, 2.05) is 0 Å². The third kappa shape index (κ3) is 4.54. The molecule has 5 nitrogen and oxygen atoms in total. The Labute approximate surface area is 133 Å². The van der Waals surface area contributed by atoms with Gasteiger partial charge in [0.2, 0.25) is 0 Å². The van der Waals surface area contributed by atoms with E-state index in [0.717, 1.165) is 5.56 Å². The van der Waals surface area contributed by atoms with Gasteiger partial charge in [-0.05, 0) is 30.7 Å². The van der Waals surface area contributed by atoms with Crippen LogP contribution in [0.5, 0.6) is 0 Å². The van der Waals surface area contributed by atoms with Gasteiger partial charge in [0.15, 0.2) is 0 Å². The molecule has 0 aliphatic carbocycles. The van der Waals surface area contributed by atoms with Gasteiger partial charge in [0.25, 0.3) is 5.91 Å². The number of rotatable bonds is 5. The second kappa shape index (κ2) is 7.40. The van der Waals surface area contributed by atoms with E-state index in [-0.39, 0.29) is 11.7 Å². The molecular weight excluding hydrogens is 297 g/mol. The third-order valence-electron chi connectivity index (χ3n) is 3.40. The molecule has 23 heavy (non-hydrogen) atoms. The molecular formula is C17H18FN3O2. The van der Waals surface area contributed by atoms with Gasteiger partial charge < -0.3 is 16.4 Å². The molecule has 0 aliphatic rings. The van der Waals surface area contributed by atoms with Crippen molar-refractivity contribution < 1.29 is 14.0 Å². The second-order valence-electron chi connectivity index (χ2n) is 5.13. The summed E-state index contributed by atoms with van der Waals surface area (Å²) in [5.41, 5.74) is 6.71. The van der Waals surface area contributed by atoms with E-state index in [0.29, 0.717) is 17.7 Å². The topological polar surface area (TPSA) is 84.2 Å². The zero-order valence-electron chi connectivity index (χ0n) is 12.7. The quantitative estimate of drug-likeness (QED) is 0.792. The number of hydrogen-bond donors (Lipinski definition) is 3. The molecule has 120 valence electrons. The molecule has 2 aromatic rings. The predicted molar refractivity (Wildman–Crippen MR) is 85.1 cm³/mol. The largest absolute Gasteiger partial charge is 0.352 e. The third-order valence-corrected chi connectivity index (χ3v) is 3.40. The van der Waals surface area contributed by atoms with Crippen LogP contribution in [0.1, 0.15) is 34.5 Å². The molecule has 1 atom stereocenters. The van der Waals surface area contributed by atoms with Crippen LogP contribution < -0.4 is 16.4 Å². The van der Waals surface area contributed by atoms with Crippen LogP contribution in [0.25, 0.3) is 0 Å². The zero-order chi connectivity index (χ0) is 16.8. The molecule has 0 aromatic heterocycles. The second-order valence-corrected chi connectivity index (χ2v) is 5.13. The van der Waals surface area contributed by atoms with Crippen molar-refractivity contribution in [2.45, 2.75) is 19.5 Å². The fourth-order valence-electron chi connectivity index (χ4n) is 2.15. The van der Waals surface area contributed by atoms with E-state index < -0.39 is 12.1 Å². The summed E-state index contributed by atoms with van der Waals surface area (Å²) in [6.45, 7) is 2.02. The number of halogens is 1. The Morgan fingerprint density at radius 3 is 2.39 bits per heavy atom. The molecule has 0 saturated carbocycles. The van der Waals surface area contributed by atoms with Crippen molar-refractivity contribution in [2.24, 2.45) is 5.73 Å². The number of carbonyl (C=O) groups is 2. The van der Waals surface area contributed by atoms with Gasteiger partial charge in [0.1, 0.15) is 5.82 Å². The highest BCUT2D eigenvalue weighted by Crippen LogP contribution is 2.16. The molecule has 0 fully saturated rings. The summed E-state index contributed by atoms with van der Waals surface area (Å²) in [4.78, 5) is 22.8. The van der Waals surface area contributed by atoms with Crippen LogP contribution in [-0.2, 0) is 6.54 Å². The summed E-state index contributed by atoms with van der Waals surface area (Å²) in [6, 6.07) is 12.0. The highest BCUT2D eigenvalue weighted by molar-refractivity contribution is 5.94. The van der Waals surface area contributed by atoms with Gasteiger partial charge in [-0.2, -0.15) is 0 Å². The van der Waals surface area contributed by atoms with E-state index in [1.54, 1.807) is 49.4 Å². The van der Waals surface area contributed by atoms with Crippen molar-refractivity contribution in [1.82, 2.24) is 10.6 Å². The zero-order valence-corrected chi connectivity index (χ0v) is 12.7. The first-order valence-electron chi connectivity index (χ1n) is 7.15. The average Bonchev–Trinajstić information content (AvgIpc) is 2.53. The molecule has 0 saturated heterocycles. The maximum atomic E-state index is 13.7. The van der Waals surface area contributed by atoms with Crippen molar-refractivity contribution in [2.75, 3.05) is 0 Å². The monoisotopic (exact) mass is 315 g/mol. The summed E-state index contributed by atoms with van der Waals surface area (Å²) >= 11 is 0. The normalized spacial score (nSPS) is 11.6. The molecule has 4 N–H and O–H groups in total. The first-order chi connectivity index (χ1) is 11.0. The fraction of sp³-hybridized carbons (Fsp3) is 0.176. The number of urea groups is 1. The van der Waals surface area contributed by atoms with Crippen molar-refractivity contribution in [3.8, 4) is 0 Å². The Morgan fingerprint density at radius 2 is 1.78 bits per heavy atom. The van der Waals surface area contributed by atoms with Crippen molar-refractivity contribution in [1.29, 1.82) is 0 Å². The van der Waals surface area contributed by atoms with Crippen LogP contribution in [-0.4, -0.2) is 11.9 Å². The van der Waals surface area contributed by atoms with Crippen molar-refractivity contribution in [3.63, 3.8) is 0 Å². The summed E-state index contributed by atoms with van der Waals surface area (Å²) in [5.74, 6) is -0.650. The number of hydrogen-bond acceptors (Lipinski definition) is 2. The molecule has 0 aliphatic heterocycles. The van der Waals surface area contributed by atoms with E-state index in [1.165, 1.54) is 6.07 Å². The lowest BCUT2D eigenvalue weighted by Gasteiger charge is -2.15. The van der Waals surface area contributed by atoms with Crippen LogP contribution >= 0.6 is 0 Å². The number of carbonyl (C=O) groups excluding carboxylic acids is 2. The number of primary amides is 1. The van der Waals surface area contributed by atoms with E-state index >= 15 is 0 Å². The standard InChI is InChI=1S/C17H18FN3O2/c1-11(14-4-2-3-5-15(14)18)21-16(22)13-8-6-12(7-9-13)10-20-17(19)23/h2-9,11H,10H2,1H3,(H,21,22)(H3,19,20,23). The van der Waals surface area contributed by atoms with Crippen molar-refractivity contribution in [3.05, 3.63) is 71.0 Å². The Morgan fingerprint density at radius 1 is 1.13 bits per heavy atom. The minimum Gasteiger partial charge on any atom is -0.352 e. The van der Waals surface area contributed by atoms with Gasteiger partial charge in [-0.15, -0.1) is 0 Å². The number of benzene rings is 2. The maximum Gasteiger partial charge on any atom is 0.312 e. The number of amides is 3. The summed E-state index contributed by atoms with van der Waals surface area (Å²) in [6.07, 6.45) is 0. The molecule has 1 unspecified atom stereocenters. The van der Waals surface area contributed by atoms with Crippen LogP contribution in [0.3, 0.4) is 0 Å². The van der Waals surface area contributed by atoms with Crippen LogP contribution in [0.15, 0.2) is 48.5 Å². The van der Waals surface area contributed by atoms with Gasteiger partial charge in [0, 0.05) is 17.7 Å². The lowest BCUT2D eigenvalue weighted by molar-refractivity contribution is 0.0939. The van der Waals surface area contributed by atoms with Crippen molar-refractivity contribution >= 4 is 11.9 Å². The molecule has 2 rings (SSSR count). The first-order valence-corrected chi connectivity index (χ1v) is 7.15. The molecule has 0 spiro atoms.